The van der Waals surface area contributed by atoms with Crippen molar-refractivity contribution in [1.82, 2.24) is 9.88 Å². The number of Topliss-reactive ketones (excluding diaryl/α,β-unsaturated/α-hetero) is 1. The number of benzene rings is 2. The number of fused-ring (bicyclic) bond motifs is 1. The van der Waals surface area contributed by atoms with Crippen LogP contribution in [0.4, 0.5) is 0 Å². The molecule has 1 atom stereocenters. The first-order valence-corrected chi connectivity index (χ1v) is 12.3. The van der Waals surface area contributed by atoms with E-state index < -0.39 is 23.5 Å². The van der Waals surface area contributed by atoms with Gasteiger partial charge in [-0.2, -0.15) is 0 Å². The molecule has 7 nitrogen and oxygen atoms in total. The Morgan fingerprint density at radius 2 is 2.00 bits per heavy atom. The Kier molecular flexibility index (Phi) is 6.72. The molecule has 2 aromatic heterocycles. The number of pyridine rings is 1. The highest BCUT2D eigenvalue weighted by atomic mass is 35.5. The van der Waals surface area contributed by atoms with Crippen LogP contribution in [-0.2, 0) is 11.3 Å². The normalized spacial score (nSPS) is 15.7. The minimum absolute atomic E-state index is 0.00653. The predicted octanol–water partition coefficient (Wildman–Crippen LogP) is 6.29. The van der Waals surface area contributed by atoms with E-state index in [4.69, 9.17) is 20.8 Å². The van der Waals surface area contributed by atoms with Gasteiger partial charge >= 0.3 is 0 Å². The van der Waals surface area contributed by atoms with Gasteiger partial charge in [0.15, 0.2) is 11.5 Å². The topological polar surface area (TPSA) is 92.9 Å². The maximum absolute atomic E-state index is 13.8. The van der Waals surface area contributed by atoms with Crippen molar-refractivity contribution in [2.24, 2.45) is 5.92 Å². The van der Waals surface area contributed by atoms with Gasteiger partial charge in [-0.25, -0.2) is 0 Å². The molecule has 0 saturated heterocycles. The van der Waals surface area contributed by atoms with E-state index in [-0.39, 0.29) is 17.9 Å². The van der Waals surface area contributed by atoms with Crippen molar-refractivity contribution < 1.29 is 23.8 Å². The van der Waals surface area contributed by atoms with E-state index in [1.54, 1.807) is 60.9 Å². The highest BCUT2D eigenvalue weighted by Gasteiger charge is 2.44. The van der Waals surface area contributed by atoms with Crippen molar-refractivity contribution in [1.29, 1.82) is 0 Å². The van der Waals surface area contributed by atoms with Crippen LogP contribution in [0.15, 0.2) is 88.8 Å². The van der Waals surface area contributed by atoms with E-state index in [0.717, 1.165) is 5.56 Å². The molecule has 0 fully saturated rings. The highest BCUT2D eigenvalue weighted by molar-refractivity contribution is 6.31. The quantitative estimate of drug-likeness (QED) is 0.276. The van der Waals surface area contributed by atoms with Crippen molar-refractivity contribution in [2.45, 2.75) is 26.4 Å². The van der Waals surface area contributed by atoms with E-state index >= 15 is 0 Å². The number of hydrogen-bond acceptors (Lipinski definition) is 6. The predicted molar refractivity (Wildman–Crippen MR) is 140 cm³/mol. The van der Waals surface area contributed by atoms with Gasteiger partial charge in [0.1, 0.15) is 11.3 Å². The van der Waals surface area contributed by atoms with Crippen molar-refractivity contribution in [3.05, 3.63) is 106 Å². The van der Waals surface area contributed by atoms with Crippen LogP contribution in [0.1, 0.15) is 41.6 Å². The van der Waals surface area contributed by atoms with Gasteiger partial charge in [0.2, 0.25) is 5.78 Å². The zero-order valence-corrected chi connectivity index (χ0v) is 21.1. The molecule has 0 spiro atoms. The van der Waals surface area contributed by atoms with E-state index in [2.05, 4.69) is 4.98 Å². The second-order valence-electron chi connectivity index (χ2n) is 9.36. The van der Waals surface area contributed by atoms with E-state index in [1.807, 2.05) is 26.0 Å². The third-order valence-corrected chi connectivity index (χ3v) is 6.32. The molecule has 8 heteroatoms. The Labute approximate surface area is 218 Å². The number of carbonyl (C=O) groups excluding carboxylic acids is 2. The van der Waals surface area contributed by atoms with Crippen molar-refractivity contribution in [2.75, 3.05) is 6.61 Å². The molecule has 0 bridgehead atoms. The minimum atomic E-state index is -0.861. The summed E-state index contributed by atoms with van der Waals surface area (Å²) in [4.78, 5) is 32.7. The summed E-state index contributed by atoms with van der Waals surface area (Å²) in [6.07, 6.45) is 3.28. The molecule has 3 heterocycles. The maximum atomic E-state index is 13.8. The molecule has 1 unspecified atom stereocenters. The highest BCUT2D eigenvalue weighted by Crippen LogP contribution is 2.41. The van der Waals surface area contributed by atoms with Crippen molar-refractivity contribution in [3.8, 4) is 5.75 Å². The average molecular weight is 517 g/mol. The van der Waals surface area contributed by atoms with Crippen LogP contribution in [0.2, 0.25) is 5.02 Å². The lowest BCUT2D eigenvalue weighted by Crippen LogP contribution is -2.30. The third-order valence-electron chi connectivity index (χ3n) is 6.08. The number of aliphatic hydroxyl groups is 1. The number of halogens is 1. The fourth-order valence-electron chi connectivity index (χ4n) is 4.38. The monoisotopic (exact) mass is 516 g/mol. The van der Waals surface area contributed by atoms with Gasteiger partial charge in [-0.05, 0) is 59.5 Å². The van der Waals surface area contributed by atoms with Crippen LogP contribution in [0.25, 0.3) is 11.0 Å². The Morgan fingerprint density at radius 3 is 2.76 bits per heavy atom. The summed E-state index contributed by atoms with van der Waals surface area (Å²) in [6, 6.07) is 16.6. The standard InChI is InChI=1S/C29H25ClN2O5/c1-17(2)16-36-22-7-3-6-19(12-22)26-25(27(33)24-13-20-11-21(30)8-9-23(20)37-24)28(34)29(35)32(26)15-18-5-4-10-31-14-18/h3-14,17,26,34H,15-16H2,1-2H3. The van der Waals surface area contributed by atoms with Crippen LogP contribution in [0.3, 0.4) is 0 Å². The van der Waals surface area contributed by atoms with E-state index in [0.29, 0.717) is 39.8 Å². The van der Waals surface area contributed by atoms with Gasteiger partial charge in [-0.1, -0.05) is 43.6 Å². The Balaban J connectivity index is 1.58. The smallest absolute Gasteiger partial charge is 0.290 e. The van der Waals surface area contributed by atoms with E-state index in [9.17, 15) is 14.7 Å². The molecule has 1 aliphatic heterocycles. The van der Waals surface area contributed by atoms with Crippen LogP contribution in [0, 0.1) is 5.92 Å². The number of rotatable bonds is 8. The molecule has 1 N–H and O–H groups in total. The number of nitrogens with zero attached hydrogens (tertiary/aromatic N) is 2. The summed E-state index contributed by atoms with van der Waals surface area (Å²) in [5.41, 5.74) is 1.81. The molecule has 0 aliphatic carbocycles. The summed E-state index contributed by atoms with van der Waals surface area (Å²) in [6.45, 7) is 4.76. The van der Waals surface area contributed by atoms with E-state index in [1.165, 1.54) is 4.90 Å². The Morgan fingerprint density at radius 1 is 1.16 bits per heavy atom. The summed E-state index contributed by atoms with van der Waals surface area (Å²) >= 11 is 6.09. The zero-order chi connectivity index (χ0) is 26.1. The second kappa shape index (κ2) is 10.1. The molecular weight excluding hydrogens is 492 g/mol. The Hall–Kier alpha value is -4.10. The van der Waals surface area contributed by atoms with Crippen molar-refractivity contribution >= 4 is 34.3 Å². The molecule has 188 valence electrons. The summed E-state index contributed by atoms with van der Waals surface area (Å²) in [7, 11) is 0. The number of hydrogen-bond donors (Lipinski definition) is 1. The molecular formula is C29H25ClN2O5. The average Bonchev–Trinajstić information content (AvgIpc) is 3.42. The van der Waals surface area contributed by atoms with Gasteiger partial charge in [0.05, 0.1) is 18.2 Å². The lowest BCUT2D eigenvalue weighted by molar-refractivity contribution is -0.130. The number of amides is 1. The summed E-state index contributed by atoms with van der Waals surface area (Å²) in [5.74, 6) is -0.897. The first-order chi connectivity index (χ1) is 17.8. The van der Waals surface area contributed by atoms with Crippen LogP contribution >= 0.6 is 11.6 Å². The largest absolute Gasteiger partial charge is 0.503 e. The molecule has 1 aliphatic rings. The molecule has 0 saturated carbocycles. The minimum Gasteiger partial charge on any atom is -0.503 e. The first kappa shape index (κ1) is 24.6. The van der Waals surface area contributed by atoms with Gasteiger partial charge in [0, 0.05) is 29.3 Å². The second-order valence-corrected chi connectivity index (χ2v) is 9.79. The number of carbonyl (C=O) groups is 2. The number of furan rings is 1. The molecule has 2 aromatic carbocycles. The number of aromatic nitrogens is 1. The lowest BCUT2D eigenvalue weighted by atomic mass is 9.94. The van der Waals surface area contributed by atoms with Gasteiger partial charge in [-0.3, -0.25) is 14.6 Å². The number of ether oxygens (including phenoxy) is 1. The lowest BCUT2D eigenvalue weighted by Gasteiger charge is -2.27. The molecule has 4 aromatic rings. The summed E-state index contributed by atoms with van der Waals surface area (Å²) in [5, 5.41) is 12.1. The molecule has 5 rings (SSSR count). The molecule has 0 radical (unpaired) electrons. The maximum Gasteiger partial charge on any atom is 0.290 e. The SMILES string of the molecule is CC(C)COc1cccc(C2C(C(=O)c3cc4cc(Cl)ccc4o3)=C(O)C(=O)N2Cc2cccnc2)c1. The Bertz CT molecular complexity index is 1510. The number of aliphatic hydroxyl groups excluding tert-OH is 1. The first-order valence-electron chi connectivity index (χ1n) is 11.9. The third kappa shape index (κ3) is 4.95. The van der Waals surface area contributed by atoms with Crippen LogP contribution in [0.5, 0.6) is 5.75 Å². The molecule has 37 heavy (non-hydrogen) atoms. The summed E-state index contributed by atoms with van der Waals surface area (Å²) < 4.78 is 11.7. The van der Waals surface area contributed by atoms with Gasteiger partial charge in [-0.15, -0.1) is 0 Å². The van der Waals surface area contributed by atoms with Gasteiger partial charge in [0.25, 0.3) is 5.91 Å². The van der Waals surface area contributed by atoms with Crippen LogP contribution < -0.4 is 4.74 Å². The van der Waals surface area contributed by atoms with Crippen molar-refractivity contribution in [3.63, 3.8) is 0 Å². The number of ketones is 1. The zero-order valence-electron chi connectivity index (χ0n) is 20.3. The van der Waals surface area contributed by atoms with Gasteiger partial charge < -0.3 is 19.2 Å². The van der Waals surface area contributed by atoms with Crippen LogP contribution in [-0.4, -0.2) is 33.3 Å². The fourth-order valence-corrected chi connectivity index (χ4v) is 4.56. The fraction of sp³-hybridized carbons (Fsp3) is 0.207. The molecule has 1 amide bonds.